The van der Waals surface area contributed by atoms with Gasteiger partial charge in [-0.05, 0) is 37.1 Å². The number of aromatic nitrogens is 3. The Morgan fingerprint density at radius 2 is 1.87 bits per heavy atom. The summed E-state index contributed by atoms with van der Waals surface area (Å²) in [5.74, 6) is 0.338. The first-order valence-corrected chi connectivity index (χ1v) is 10.5. The van der Waals surface area contributed by atoms with Crippen molar-refractivity contribution in [2.24, 2.45) is 7.05 Å². The molecule has 5 rings (SSSR count). The van der Waals surface area contributed by atoms with Gasteiger partial charge in [-0.2, -0.15) is 9.78 Å². The van der Waals surface area contributed by atoms with Gasteiger partial charge in [0.25, 0.3) is 11.5 Å². The van der Waals surface area contributed by atoms with E-state index in [1.165, 1.54) is 11.8 Å². The van der Waals surface area contributed by atoms with Crippen LogP contribution in [0.25, 0.3) is 27.5 Å². The van der Waals surface area contributed by atoms with Crippen LogP contribution in [0, 0.1) is 0 Å². The lowest BCUT2D eigenvalue weighted by Gasteiger charge is -2.17. The molecular weight excluding hydrogens is 416 g/mol. The van der Waals surface area contributed by atoms with Gasteiger partial charge in [0.15, 0.2) is 5.69 Å². The topological polar surface area (TPSA) is 69.4 Å². The van der Waals surface area contributed by atoms with Gasteiger partial charge in [0.2, 0.25) is 0 Å². The van der Waals surface area contributed by atoms with Crippen LogP contribution in [0.1, 0.15) is 23.3 Å². The van der Waals surface area contributed by atoms with Crippen molar-refractivity contribution < 1.29 is 9.53 Å². The van der Waals surface area contributed by atoms with Crippen LogP contribution < -0.4 is 10.3 Å². The Kier molecular flexibility index (Phi) is 4.70. The second kappa shape index (κ2) is 7.42. The van der Waals surface area contributed by atoms with Crippen LogP contribution in [0.3, 0.4) is 0 Å². The van der Waals surface area contributed by atoms with E-state index in [1.54, 1.807) is 23.1 Å². The number of hydrogen-bond acceptors (Lipinski definition) is 4. The molecule has 0 bridgehead atoms. The van der Waals surface area contributed by atoms with E-state index in [2.05, 4.69) is 5.10 Å². The van der Waals surface area contributed by atoms with E-state index in [0.29, 0.717) is 40.5 Å². The molecule has 0 saturated carbocycles. The molecule has 3 heterocycles. The monoisotopic (exact) mass is 436 g/mol. The Balaban J connectivity index is 1.86. The highest BCUT2D eigenvalue weighted by Crippen LogP contribution is 2.31. The highest BCUT2D eigenvalue weighted by atomic mass is 35.5. The lowest BCUT2D eigenvalue weighted by Crippen LogP contribution is -2.32. The standard InChI is InChI=1S/C23H21ClN4O3/c1-26-17-8-4-3-7-15(17)19-20(22(29)27-11-5-6-12-27)25-28(23(30)21(19)26)14-9-10-18(31-2)16(24)13-14/h3-4,7-10,13H,5-6,11-12H2,1-2H3. The van der Waals surface area contributed by atoms with Crippen molar-refractivity contribution in [2.75, 3.05) is 20.2 Å². The summed E-state index contributed by atoms with van der Waals surface area (Å²) in [7, 11) is 3.36. The highest BCUT2D eigenvalue weighted by molar-refractivity contribution is 6.32. The number of likely N-dealkylation sites (tertiary alicyclic amines) is 1. The smallest absolute Gasteiger partial charge is 0.296 e. The zero-order chi connectivity index (χ0) is 21.7. The number of aryl methyl sites for hydroxylation is 1. The van der Waals surface area contributed by atoms with Crippen LogP contribution in [0.4, 0.5) is 0 Å². The fourth-order valence-electron chi connectivity index (χ4n) is 4.36. The molecule has 1 amide bonds. The average molecular weight is 437 g/mol. The number of para-hydroxylation sites is 1. The third-order valence-electron chi connectivity index (χ3n) is 5.91. The minimum atomic E-state index is -0.312. The van der Waals surface area contributed by atoms with Crippen molar-refractivity contribution in [3.05, 3.63) is 63.5 Å². The van der Waals surface area contributed by atoms with Gasteiger partial charge in [-0.25, -0.2) is 0 Å². The Hall–Kier alpha value is -3.32. The lowest BCUT2D eigenvalue weighted by molar-refractivity contribution is 0.0787. The molecule has 0 N–H and O–H groups in total. The number of benzene rings is 2. The number of nitrogens with zero attached hydrogens (tertiary/aromatic N) is 4. The van der Waals surface area contributed by atoms with Gasteiger partial charge in [0, 0.05) is 36.4 Å². The molecule has 158 valence electrons. The third-order valence-corrected chi connectivity index (χ3v) is 6.21. The summed E-state index contributed by atoms with van der Waals surface area (Å²) in [4.78, 5) is 28.8. The zero-order valence-electron chi connectivity index (χ0n) is 17.3. The van der Waals surface area contributed by atoms with Crippen LogP contribution in [0.2, 0.25) is 5.02 Å². The van der Waals surface area contributed by atoms with Gasteiger partial charge >= 0.3 is 0 Å². The van der Waals surface area contributed by atoms with Crippen LogP contribution in [0.5, 0.6) is 5.75 Å². The summed E-state index contributed by atoms with van der Waals surface area (Å²) >= 11 is 6.30. The molecule has 1 saturated heterocycles. The summed E-state index contributed by atoms with van der Waals surface area (Å²) in [6, 6.07) is 12.7. The van der Waals surface area contributed by atoms with Crippen LogP contribution in [-0.2, 0) is 7.05 Å². The van der Waals surface area contributed by atoms with E-state index in [0.717, 1.165) is 23.7 Å². The molecule has 7 nitrogen and oxygen atoms in total. The summed E-state index contributed by atoms with van der Waals surface area (Å²) in [5, 5.41) is 6.37. The van der Waals surface area contributed by atoms with Crippen molar-refractivity contribution in [1.29, 1.82) is 0 Å². The molecule has 0 atom stereocenters. The fourth-order valence-corrected chi connectivity index (χ4v) is 4.61. The maximum absolute atomic E-state index is 13.6. The van der Waals surface area contributed by atoms with Crippen molar-refractivity contribution in [1.82, 2.24) is 19.2 Å². The number of halogens is 1. The van der Waals surface area contributed by atoms with E-state index in [4.69, 9.17) is 16.3 Å². The second-order valence-electron chi connectivity index (χ2n) is 7.68. The van der Waals surface area contributed by atoms with Crippen LogP contribution in [-0.4, -0.2) is 45.4 Å². The minimum absolute atomic E-state index is 0.160. The SMILES string of the molecule is COc1ccc(-n2nc(C(=O)N3CCCC3)c3c4ccccc4n(C)c3c2=O)cc1Cl. The quantitative estimate of drug-likeness (QED) is 0.490. The Morgan fingerprint density at radius 1 is 1.13 bits per heavy atom. The first-order valence-electron chi connectivity index (χ1n) is 10.1. The van der Waals surface area contributed by atoms with Crippen molar-refractivity contribution in [3.8, 4) is 11.4 Å². The van der Waals surface area contributed by atoms with Gasteiger partial charge in [-0.3, -0.25) is 9.59 Å². The second-order valence-corrected chi connectivity index (χ2v) is 8.09. The highest BCUT2D eigenvalue weighted by Gasteiger charge is 2.28. The molecule has 8 heteroatoms. The largest absolute Gasteiger partial charge is 0.495 e. The molecule has 1 fully saturated rings. The van der Waals surface area contributed by atoms with Gasteiger partial charge < -0.3 is 14.2 Å². The normalized spacial score (nSPS) is 14.0. The molecule has 0 spiro atoms. The maximum atomic E-state index is 13.6. The summed E-state index contributed by atoms with van der Waals surface area (Å²) in [6.07, 6.45) is 1.94. The van der Waals surface area contributed by atoms with Gasteiger partial charge in [-0.1, -0.05) is 29.8 Å². The number of methoxy groups -OCH3 is 1. The Labute approximate surface area is 183 Å². The third kappa shape index (κ3) is 2.99. The molecule has 1 aliphatic heterocycles. The number of rotatable bonds is 3. The first-order chi connectivity index (χ1) is 15.0. The molecule has 4 aromatic rings. The Morgan fingerprint density at radius 3 is 2.58 bits per heavy atom. The predicted octanol–water partition coefficient (Wildman–Crippen LogP) is 3.78. The van der Waals surface area contributed by atoms with Crippen molar-refractivity contribution >= 4 is 39.3 Å². The molecule has 31 heavy (non-hydrogen) atoms. The number of carbonyl (C=O) groups is 1. The lowest BCUT2D eigenvalue weighted by atomic mass is 10.1. The maximum Gasteiger partial charge on any atom is 0.296 e. The summed E-state index contributed by atoms with van der Waals surface area (Å²) < 4.78 is 8.31. The van der Waals surface area contributed by atoms with Crippen molar-refractivity contribution in [2.45, 2.75) is 12.8 Å². The molecule has 2 aromatic heterocycles. The fraction of sp³-hybridized carbons (Fsp3) is 0.261. The molecule has 1 aliphatic rings. The van der Waals surface area contributed by atoms with E-state index >= 15 is 0 Å². The number of ether oxygens (including phenoxy) is 1. The molecule has 0 aliphatic carbocycles. The molecule has 2 aromatic carbocycles. The minimum Gasteiger partial charge on any atom is -0.495 e. The first kappa shape index (κ1) is 19.6. The summed E-state index contributed by atoms with van der Waals surface area (Å²) in [5.41, 5.74) is 1.75. The number of carbonyl (C=O) groups excluding carboxylic acids is 1. The molecular formula is C23H21ClN4O3. The van der Waals surface area contributed by atoms with E-state index in [1.807, 2.05) is 35.9 Å². The van der Waals surface area contributed by atoms with Gasteiger partial charge in [0.1, 0.15) is 11.3 Å². The molecule has 0 radical (unpaired) electrons. The van der Waals surface area contributed by atoms with Gasteiger partial charge in [-0.15, -0.1) is 0 Å². The number of hydrogen-bond donors (Lipinski definition) is 0. The van der Waals surface area contributed by atoms with Crippen LogP contribution in [0.15, 0.2) is 47.3 Å². The zero-order valence-corrected chi connectivity index (χ0v) is 18.0. The van der Waals surface area contributed by atoms with Gasteiger partial charge in [0.05, 0.1) is 17.8 Å². The summed E-state index contributed by atoms with van der Waals surface area (Å²) in [6.45, 7) is 1.39. The predicted molar refractivity (Wildman–Crippen MR) is 121 cm³/mol. The van der Waals surface area contributed by atoms with Crippen LogP contribution >= 0.6 is 11.6 Å². The van der Waals surface area contributed by atoms with E-state index < -0.39 is 0 Å². The number of amides is 1. The van der Waals surface area contributed by atoms with E-state index in [9.17, 15) is 9.59 Å². The molecule has 0 unspecified atom stereocenters. The average Bonchev–Trinajstić information content (AvgIpc) is 3.42. The Bertz CT molecular complexity index is 1400. The number of fused-ring (bicyclic) bond motifs is 3. The van der Waals surface area contributed by atoms with E-state index in [-0.39, 0.29) is 17.2 Å². The van der Waals surface area contributed by atoms with Crippen molar-refractivity contribution in [3.63, 3.8) is 0 Å².